The maximum atomic E-state index is 13.0. The summed E-state index contributed by atoms with van der Waals surface area (Å²) >= 11 is 1.92. The highest BCUT2D eigenvalue weighted by molar-refractivity contribution is 7.99. The number of fused-ring (bicyclic) bond motifs is 1. The molecule has 0 radical (unpaired) electrons. The molecule has 2 aromatic heterocycles. The molecule has 6 heteroatoms. The first-order chi connectivity index (χ1) is 8.69. The molecule has 98 valence electrons. The third-order valence-corrected chi connectivity index (χ3v) is 3.50. The highest BCUT2D eigenvalue weighted by Crippen LogP contribution is 2.10. The maximum Gasteiger partial charge on any atom is 0.243 e. The molecule has 1 unspecified atom stereocenters. The Morgan fingerprint density at radius 2 is 2.33 bits per heavy atom. The summed E-state index contributed by atoms with van der Waals surface area (Å²) in [5.74, 6) is 2.49. The van der Waals surface area contributed by atoms with Crippen LogP contribution in [-0.4, -0.2) is 32.1 Å². The van der Waals surface area contributed by atoms with Crippen LogP contribution in [0.3, 0.4) is 0 Å². The predicted molar refractivity (Wildman–Crippen MR) is 73.6 cm³/mol. The van der Waals surface area contributed by atoms with Gasteiger partial charge in [0.2, 0.25) is 5.95 Å². The van der Waals surface area contributed by atoms with Crippen molar-refractivity contribution in [3.05, 3.63) is 24.1 Å². The van der Waals surface area contributed by atoms with Gasteiger partial charge in [-0.15, -0.1) is 5.10 Å². The van der Waals surface area contributed by atoms with Crippen molar-refractivity contribution in [3.63, 3.8) is 0 Å². The van der Waals surface area contributed by atoms with Crippen molar-refractivity contribution in [2.45, 2.75) is 26.3 Å². The summed E-state index contributed by atoms with van der Waals surface area (Å²) < 4.78 is 14.5. The van der Waals surface area contributed by atoms with Gasteiger partial charge in [0.15, 0.2) is 5.65 Å². The van der Waals surface area contributed by atoms with E-state index in [1.165, 1.54) is 16.8 Å². The van der Waals surface area contributed by atoms with Gasteiger partial charge in [0.1, 0.15) is 5.82 Å². The van der Waals surface area contributed by atoms with Crippen LogP contribution < -0.4 is 5.32 Å². The third-order valence-electron chi connectivity index (χ3n) is 2.57. The molecule has 0 amide bonds. The zero-order valence-corrected chi connectivity index (χ0v) is 11.4. The molecule has 2 heterocycles. The standard InChI is InChI=1S/C12H17FN4S/c1-3-18-7-6-9(2)14-12-15-11-5-4-10(13)8-17(11)16-12/h4-5,8-9H,3,6-7H2,1-2H3,(H,14,16). The molecule has 0 aliphatic heterocycles. The van der Waals surface area contributed by atoms with E-state index in [1.807, 2.05) is 11.8 Å². The summed E-state index contributed by atoms with van der Waals surface area (Å²) in [7, 11) is 0. The summed E-state index contributed by atoms with van der Waals surface area (Å²) in [5.41, 5.74) is 0.647. The van der Waals surface area contributed by atoms with Crippen molar-refractivity contribution in [1.29, 1.82) is 0 Å². The van der Waals surface area contributed by atoms with E-state index in [0.29, 0.717) is 17.6 Å². The minimum atomic E-state index is -0.314. The second-order valence-corrected chi connectivity index (χ2v) is 5.51. The summed E-state index contributed by atoms with van der Waals surface area (Å²) in [6.07, 6.45) is 2.38. The monoisotopic (exact) mass is 268 g/mol. The number of halogens is 1. The molecular formula is C12H17FN4S. The van der Waals surface area contributed by atoms with E-state index in [9.17, 15) is 4.39 Å². The fourth-order valence-corrected chi connectivity index (χ4v) is 2.43. The number of rotatable bonds is 6. The molecule has 0 aliphatic rings. The Labute approximate surface area is 110 Å². The van der Waals surface area contributed by atoms with Crippen molar-refractivity contribution in [3.8, 4) is 0 Å². The van der Waals surface area contributed by atoms with Crippen molar-refractivity contribution in [2.24, 2.45) is 0 Å². The summed E-state index contributed by atoms with van der Waals surface area (Å²) in [6.45, 7) is 4.25. The lowest BCUT2D eigenvalue weighted by atomic mass is 10.3. The second kappa shape index (κ2) is 6.04. The molecule has 2 aromatic rings. The SMILES string of the molecule is CCSCCC(C)Nc1nc2ccc(F)cn2n1. The fraction of sp³-hybridized carbons (Fsp3) is 0.500. The first-order valence-electron chi connectivity index (χ1n) is 6.05. The van der Waals surface area contributed by atoms with Gasteiger partial charge >= 0.3 is 0 Å². The summed E-state index contributed by atoms with van der Waals surface area (Å²) in [6, 6.07) is 3.31. The summed E-state index contributed by atoms with van der Waals surface area (Å²) in [5, 5.41) is 7.42. The van der Waals surface area contributed by atoms with Gasteiger partial charge < -0.3 is 5.32 Å². The topological polar surface area (TPSA) is 42.2 Å². The van der Waals surface area contributed by atoms with Crippen LogP contribution in [0.5, 0.6) is 0 Å². The van der Waals surface area contributed by atoms with Gasteiger partial charge in [-0.1, -0.05) is 6.92 Å². The van der Waals surface area contributed by atoms with Gasteiger partial charge in [-0.25, -0.2) is 8.91 Å². The van der Waals surface area contributed by atoms with E-state index in [0.717, 1.165) is 17.9 Å². The number of pyridine rings is 1. The zero-order chi connectivity index (χ0) is 13.0. The lowest BCUT2D eigenvalue weighted by Crippen LogP contribution is -2.17. The Balaban J connectivity index is 1.98. The first-order valence-corrected chi connectivity index (χ1v) is 7.20. The molecule has 0 fully saturated rings. The second-order valence-electron chi connectivity index (χ2n) is 4.12. The van der Waals surface area contributed by atoms with Gasteiger partial charge in [0.05, 0.1) is 6.20 Å². The molecule has 1 atom stereocenters. The Hall–Kier alpha value is -1.30. The highest BCUT2D eigenvalue weighted by atomic mass is 32.2. The van der Waals surface area contributed by atoms with E-state index in [-0.39, 0.29) is 5.82 Å². The Morgan fingerprint density at radius 1 is 1.50 bits per heavy atom. The molecule has 4 nitrogen and oxygen atoms in total. The highest BCUT2D eigenvalue weighted by Gasteiger charge is 2.07. The predicted octanol–water partition coefficient (Wildman–Crippen LogP) is 2.81. The van der Waals surface area contributed by atoms with E-state index in [4.69, 9.17) is 0 Å². The molecule has 2 rings (SSSR count). The smallest absolute Gasteiger partial charge is 0.243 e. The van der Waals surface area contributed by atoms with Gasteiger partial charge in [-0.2, -0.15) is 16.7 Å². The molecule has 0 saturated carbocycles. The number of hydrogen-bond donors (Lipinski definition) is 1. The van der Waals surface area contributed by atoms with E-state index in [2.05, 4.69) is 29.2 Å². The number of hydrogen-bond acceptors (Lipinski definition) is 4. The van der Waals surface area contributed by atoms with Crippen LogP contribution in [0.2, 0.25) is 0 Å². The van der Waals surface area contributed by atoms with Crippen molar-refractivity contribution in [2.75, 3.05) is 16.8 Å². The van der Waals surface area contributed by atoms with Crippen LogP contribution >= 0.6 is 11.8 Å². The van der Waals surface area contributed by atoms with Crippen LogP contribution in [0.1, 0.15) is 20.3 Å². The maximum absolute atomic E-state index is 13.0. The molecule has 0 spiro atoms. The average molecular weight is 268 g/mol. The molecule has 18 heavy (non-hydrogen) atoms. The molecular weight excluding hydrogens is 251 g/mol. The van der Waals surface area contributed by atoms with Crippen LogP contribution in [0.4, 0.5) is 10.3 Å². The van der Waals surface area contributed by atoms with Gasteiger partial charge in [0, 0.05) is 6.04 Å². The number of nitrogens with one attached hydrogen (secondary N) is 1. The minimum absolute atomic E-state index is 0.311. The van der Waals surface area contributed by atoms with Crippen molar-refractivity contribution < 1.29 is 4.39 Å². The van der Waals surface area contributed by atoms with Crippen LogP contribution in [-0.2, 0) is 0 Å². The Morgan fingerprint density at radius 3 is 3.11 bits per heavy atom. The molecule has 0 saturated heterocycles. The Bertz CT molecular complexity index is 514. The Kier molecular flexibility index (Phi) is 4.41. The van der Waals surface area contributed by atoms with Gasteiger partial charge in [0.25, 0.3) is 0 Å². The molecule has 0 aliphatic carbocycles. The van der Waals surface area contributed by atoms with E-state index >= 15 is 0 Å². The number of aromatic nitrogens is 3. The van der Waals surface area contributed by atoms with Crippen LogP contribution in [0, 0.1) is 5.82 Å². The van der Waals surface area contributed by atoms with Gasteiger partial charge in [-0.05, 0) is 37.0 Å². The van der Waals surface area contributed by atoms with Crippen LogP contribution in [0.25, 0.3) is 5.65 Å². The van der Waals surface area contributed by atoms with E-state index < -0.39 is 0 Å². The number of anilines is 1. The average Bonchev–Trinajstić information content (AvgIpc) is 2.70. The van der Waals surface area contributed by atoms with Crippen molar-refractivity contribution in [1.82, 2.24) is 14.6 Å². The lowest BCUT2D eigenvalue weighted by molar-refractivity contribution is 0.614. The minimum Gasteiger partial charge on any atom is -0.350 e. The lowest BCUT2D eigenvalue weighted by Gasteiger charge is -2.10. The zero-order valence-electron chi connectivity index (χ0n) is 10.6. The molecule has 1 N–H and O–H groups in total. The number of thioether (sulfide) groups is 1. The van der Waals surface area contributed by atoms with Crippen molar-refractivity contribution >= 4 is 23.4 Å². The van der Waals surface area contributed by atoms with E-state index in [1.54, 1.807) is 6.07 Å². The molecule has 0 aromatic carbocycles. The molecule has 0 bridgehead atoms. The first kappa shape index (κ1) is 13.1. The van der Waals surface area contributed by atoms with Crippen LogP contribution in [0.15, 0.2) is 18.3 Å². The normalized spacial score (nSPS) is 12.8. The summed E-state index contributed by atoms with van der Waals surface area (Å²) in [4.78, 5) is 4.29. The quantitative estimate of drug-likeness (QED) is 0.818. The number of nitrogens with zero attached hydrogens (tertiary/aromatic N) is 3. The largest absolute Gasteiger partial charge is 0.350 e. The van der Waals surface area contributed by atoms with Gasteiger partial charge in [-0.3, -0.25) is 0 Å². The fourth-order valence-electron chi connectivity index (χ4n) is 1.62. The third kappa shape index (κ3) is 3.35.